The van der Waals surface area contributed by atoms with E-state index in [4.69, 9.17) is 4.74 Å². The van der Waals surface area contributed by atoms with E-state index in [1.165, 1.54) is 0 Å². The third-order valence-electron chi connectivity index (χ3n) is 5.79. The molecule has 0 aliphatic carbocycles. The van der Waals surface area contributed by atoms with Gasteiger partial charge in [0.2, 0.25) is 5.91 Å². The summed E-state index contributed by atoms with van der Waals surface area (Å²) in [6.07, 6.45) is 4.55. The Morgan fingerprint density at radius 3 is 3.15 bits per heavy atom. The molecule has 3 aromatic rings. The standard InChI is InChI=1S/C18H23N7O2/c1-11-3-6-24(18(26)13-10-27-7-5-19-13)9-12(11)17-23-22-15-8-21-16-14(25(15)17)2-4-20-16/h2,4,8,11-13,19-20H,3,5-7,9-10H2,1H3/t11-,12+,13-/m1/s1. The lowest BCUT2D eigenvalue weighted by atomic mass is 9.86. The lowest BCUT2D eigenvalue weighted by Crippen LogP contribution is -2.55. The van der Waals surface area contributed by atoms with E-state index in [1.807, 2.05) is 17.2 Å². The number of aromatic amines is 1. The zero-order valence-corrected chi connectivity index (χ0v) is 15.3. The van der Waals surface area contributed by atoms with Gasteiger partial charge in [-0.15, -0.1) is 10.2 Å². The summed E-state index contributed by atoms with van der Waals surface area (Å²) < 4.78 is 7.53. The van der Waals surface area contributed by atoms with Gasteiger partial charge in [0.15, 0.2) is 11.3 Å². The van der Waals surface area contributed by atoms with Crippen molar-refractivity contribution in [2.45, 2.75) is 25.3 Å². The molecule has 27 heavy (non-hydrogen) atoms. The molecular weight excluding hydrogens is 346 g/mol. The number of nitrogens with zero attached hydrogens (tertiary/aromatic N) is 5. The van der Waals surface area contributed by atoms with Crippen LogP contribution < -0.4 is 5.32 Å². The van der Waals surface area contributed by atoms with E-state index < -0.39 is 0 Å². The van der Waals surface area contributed by atoms with Crippen LogP contribution in [0.4, 0.5) is 0 Å². The molecule has 0 bridgehead atoms. The third-order valence-corrected chi connectivity index (χ3v) is 5.79. The molecule has 0 aromatic carbocycles. The summed E-state index contributed by atoms with van der Waals surface area (Å²) in [5.41, 5.74) is 2.50. The van der Waals surface area contributed by atoms with Crippen LogP contribution in [0.15, 0.2) is 18.5 Å². The van der Waals surface area contributed by atoms with Crippen LogP contribution in [-0.4, -0.2) is 74.3 Å². The van der Waals surface area contributed by atoms with Crippen LogP contribution in [0.1, 0.15) is 25.1 Å². The molecule has 1 amide bonds. The number of likely N-dealkylation sites (tertiary alicyclic amines) is 1. The summed E-state index contributed by atoms with van der Waals surface area (Å²) in [4.78, 5) is 22.4. The number of carbonyl (C=O) groups is 1. The van der Waals surface area contributed by atoms with E-state index in [2.05, 4.69) is 36.8 Å². The first-order valence-corrected chi connectivity index (χ1v) is 9.49. The summed E-state index contributed by atoms with van der Waals surface area (Å²) in [7, 11) is 0. The second-order valence-electron chi connectivity index (χ2n) is 7.46. The normalized spacial score (nSPS) is 26.7. The highest BCUT2D eigenvalue weighted by molar-refractivity contribution is 5.82. The molecule has 3 atom stereocenters. The van der Waals surface area contributed by atoms with Crippen molar-refractivity contribution in [2.75, 3.05) is 32.8 Å². The summed E-state index contributed by atoms with van der Waals surface area (Å²) >= 11 is 0. The van der Waals surface area contributed by atoms with E-state index in [9.17, 15) is 4.79 Å². The van der Waals surface area contributed by atoms with Gasteiger partial charge in [0.05, 0.1) is 24.9 Å². The van der Waals surface area contributed by atoms with Gasteiger partial charge in [-0.1, -0.05) is 6.92 Å². The van der Waals surface area contributed by atoms with Crippen LogP contribution in [0, 0.1) is 5.92 Å². The molecule has 0 radical (unpaired) electrons. The molecule has 0 unspecified atom stereocenters. The number of carbonyl (C=O) groups excluding carboxylic acids is 1. The predicted octanol–water partition coefficient (Wildman–Crippen LogP) is 0.546. The van der Waals surface area contributed by atoms with Crippen molar-refractivity contribution < 1.29 is 9.53 Å². The number of amides is 1. The van der Waals surface area contributed by atoms with Gasteiger partial charge in [-0.2, -0.15) is 0 Å². The van der Waals surface area contributed by atoms with Gasteiger partial charge in [-0.25, -0.2) is 4.98 Å². The first-order chi connectivity index (χ1) is 13.2. The number of H-pyrrole nitrogens is 1. The quantitative estimate of drug-likeness (QED) is 0.684. The monoisotopic (exact) mass is 369 g/mol. The van der Waals surface area contributed by atoms with Crippen molar-refractivity contribution in [3.63, 3.8) is 0 Å². The Kier molecular flexibility index (Phi) is 4.05. The number of morpholine rings is 1. The number of rotatable bonds is 2. The zero-order chi connectivity index (χ0) is 18.4. The van der Waals surface area contributed by atoms with E-state index in [0.29, 0.717) is 25.7 Å². The molecule has 5 heterocycles. The number of nitrogens with one attached hydrogen (secondary N) is 2. The highest BCUT2D eigenvalue weighted by Gasteiger charge is 2.36. The Balaban J connectivity index is 1.47. The maximum Gasteiger partial charge on any atom is 0.242 e. The first kappa shape index (κ1) is 16.6. The van der Waals surface area contributed by atoms with Crippen molar-refractivity contribution >= 4 is 22.7 Å². The van der Waals surface area contributed by atoms with Crippen LogP contribution >= 0.6 is 0 Å². The highest BCUT2D eigenvalue weighted by Crippen LogP contribution is 2.32. The second-order valence-corrected chi connectivity index (χ2v) is 7.46. The molecule has 2 aliphatic heterocycles. The average molecular weight is 369 g/mol. The first-order valence-electron chi connectivity index (χ1n) is 9.49. The Bertz CT molecular complexity index is 975. The summed E-state index contributed by atoms with van der Waals surface area (Å²) in [6.45, 7) is 5.47. The molecule has 0 spiro atoms. The molecule has 2 N–H and O–H groups in total. The van der Waals surface area contributed by atoms with Gasteiger partial charge in [-0.3, -0.25) is 9.20 Å². The Morgan fingerprint density at radius 2 is 2.30 bits per heavy atom. The molecule has 5 rings (SSSR count). The Labute approximate surface area is 156 Å². The van der Waals surface area contributed by atoms with Crippen LogP contribution in [0.3, 0.4) is 0 Å². The number of fused-ring (bicyclic) bond motifs is 3. The lowest BCUT2D eigenvalue weighted by molar-refractivity contribution is -0.138. The molecule has 142 valence electrons. The molecule has 2 saturated heterocycles. The average Bonchev–Trinajstić information content (AvgIpc) is 3.35. The maximum atomic E-state index is 12.9. The minimum atomic E-state index is -0.247. The largest absolute Gasteiger partial charge is 0.378 e. The fourth-order valence-electron chi connectivity index (χ4n) is 4.19. The number of hydrogen-bond acceptors (Lipinski definition) is 6. The van der Waals surface area contributed by atoms with E-state index in [1.54, 1.807) is 6.20 Å². The third kappa shape index (κ3) is 2.78. The smallest absolute Gasteiger partial charge is 0.242 e. The van der Waals surface area contributed by atoms with Crippen molar-refractivity contribution in [3.05, 3.63) is 24.3 Å². The van der Waals surface area contributed by atoms with Crippen LogP contribution in [0.2, 0.25) is 0 Å². The Hall–Kier alpha value is -2.52. The molecule has 3 aromatic heterocycles. The predicted molar refractivity (Wildman–Crippen MR) is 98.4 cm³/mol. The highest BCUT2D eigenvalue weighted by atomic mass is 16.5. The van der Waals surface area contributed by atoms with Crippen LogP contribution in [0.25, 0.3) is 16.8 Å². The summed E-state index contributed by atoms with van der Waals surface area (Å²) in [5.74, 6) is 1.56. The number of piperidine rings is 1. The molecule has 2 aliphatic rings. The van der Waals surface area contributed by atoms with Crippen molar-refractivity contribution in [1.82, 2.24) is 34.8 Å². The minimum Gasteiger partial charge on any atom is -0.378 e. The number of ether oxygens (including phenoxy) is 1. The molecule has 9 nitrogen and oxygen atoms in total. The van der Waals surface area contributed by atoms with Gasteiger partial charge in [0.25, 0.3) is 0 Å². The second kappa shape index (κ2) is 6.58. The number of aromatic nitrogens is 5. The zero-order valence-electron chi connectivity index (χ0n) is 15.3. The van der Waals surface area contributed by atoms with E-state index in [-0.39, 0.29) is 17.9 Å². The lowest BCUT2D eigenvalue weighted by Gasteiger charge is -2.38. The molecular formula is C18H23N7O2. The number of hydrogen-bond donors (Lipinski definition) is 2. The van der Waals surface area contributed by atoms with Crippen molar-refractivity contribution in [1.29, 1.82) is 0 Å². The van der Waals surface area contributed by atoms with Gasteiger partial charge in [-0.05, 0) is 18.4 Å². The van der Waals surface area contributed by atoms with Gasteiger partial charge in [0, 0.05) is 31.7 Å². The summed E-state index contributed by atoms with van der Waals surface area (Å²) in [5, 5.41) is 12.1. The van der Waals surface area contributed by atoms with Crippen LogP contribution in [0.5, 0.6) is 0 Å². The SMILES string of the molecule is C[C@@H]1CCN(C(=O)[C@H]2COCCN2)C[C@@H]1c1nnc2cnc3[nH]ccc3n12. The maximum absolute atomic E-state index is 12.9. The molecule has 9 heteroatoms. The van der Waals surface area contributed by atoms with Gasteiger partial charge < -0.3 is 19.9 Å². The van der Waals surface area contributed by atoms with Gasteiger partial charge in [0.1, 0.15) is 11.9 Å². The van der Waals surface area contributed by atoms with E-state index in [0.717, 1.165) is 42.1 Å². The fraction of sp³-hybridized carbons (Fsp3) is 0.556. The molecule has 2 fully saturated rings. The fourth-order valence-corrected chi connectivity index (χ4v) is 4.19. The van der Waals surface area contributed by atoms with Crippen molar-refractivity contribution in [3.8, 4) is 0 Å². The summed E-state index contributed by atoms with van der Waals surface area (Å²) in [6, 6.07) is 1.74. The van der Waals surface area contributed by atoms with Crippen molar-refractivity contribution in [2.24, 2.45) is 5.92 Å². The minimum absolute atomic E-state index is 0.119. The van der Waals surface area contributed by atoms with Gasteiger partial charge >= 0.3 is 0 Å². The Morgan fingerprint density at radius 1 is 1.37 bits per heavy atom. The molecule has 0 saturated carbocycles. The van der Waals surface area contributed by atoms with Crippen LogP contribution in [-0.2, 0) is 9.53 Å². The topological polar surface area (TPSA) is 100 Å². The van der Waals surface area contributed by atoms with E-state index >= 15 is 0 Å².